The summed E-state index contributed by atoms with van der Waals surface area (Å²) in [6.45, 7) is 1.75. The van der Waals surface area contributed by atoms with Gasteiger partial charge in [0.05, 0.1) is 5.69 Å². The van der Waals surface area contributed by atoms with E-state index in [1.165, 1.54) is 0 Å². The Hall–Kier alpha value is -2.05. The van der Waals surface area contributed by atoms with Crippen LogP contribution in [0.4, 0.5) is 5.69 Å². The summed E-state index contributed by atoms with van der Waals surface area (Å²) in [5.74, 6) is 1.06. The van der Waals surface area contributed by atoms with Crippen molar-refractivity contribution >= 4 is 24.2 Å². The minimum Gasteiger partial charge on any atom is -0.439 e. The lowest BCUT2D eigenvalue weighted by atomic mass is 10.2. The van der Waals surface area contributed by atoms with Crippen LogP contribution in [0, 0.1) is 6.92 Å². The molecular weight excluding hydrogens is 264 g/mol. The highest BCUT2D eigenvalue weighted by Gasteiger charge is 2.03. The number of aryl methyl sites for hydroxylation is 1. The van der Waals surface area contributed by atoms with E-state index in [0.717, 1.165) is 12.0 Å². The largest absolute Gasteiger partial charge is 0.439 e. The number of aldehydes is 1. The molecule has 0 atom stereocenters. The number of hydrogen-bond acceptors (Lipinski definition) is 6. The van der Waals surface area contributed by atoms with Crippen molar-refractivity contribution in [3.63, 3.8) is 0 Å². The molecule has 0 saturated heterocycles. The Morgan fingerprint density at radius 1 is 1.26 bits per heavy atom. The smallest absolute Gasteiger partial charge is 0.219 e. The number of carbonyl (C=O) groups is 1. The molecule has 0 aliphatic carbocycles. The fraction of sp³-hybridized carbons (Fsp3) is 0.0769. The van der Waals surface area contributed by atoms with Crippen LogP contribution in [0.15, 0.2) is 36.4 Å². The lowest BCUT2D eigenvalue weighted by Gasteiger charge is -2.07. The molecule has 19 heavy (non-hydrogen) atoms. The zero-order valence-electron chi connectivity index (χ0n) is 10.2. The summed E-state index contributed by atoms with van der Waals surface area (Å²) in [7, 11) is 0. The zero-order valence-corrected chi connectivity index (χ0v) is 11.0. The predicted molar refractivity (Wildman–Crippen MR) is 74.7 cm³/mol. The summed E-state index contributed by atoms with van der Waals surface area (Å²) in [6.07, 6.45) is 0.763. The Morgan fingerprint density at radius 2 is 2.00 bits per heavy atom. The molecule has 1 heterocycles. The van der Waals surface area contributed by atoms with Crippen LogP contribution in [0.25, 0.3) is 0 Å². The number of ether oxygens (including phenoxy) is 1. The SMILES string of the molecule is Cc1nc(Oc2ccc(NSO)cc2)ccc1C=O. The molecule has 0 aliphatic rings. The molecule has 98 valence electrons. The van der Waals surface area contributed by atoms with Gasteiger partial charge in [-0.3, -0.25) is 4.79 Å². The molecule has 6 heteroatoms. The Balaban J connectivity index is 2.12. The van der Waals surface area contributed by atoms with Gasteiger partial charge >= 0.3 is 0 Å². The Bertz CT molecular complexity index is 573. The number of hydrogen-bond donors (Lipinski definition) is 2. The number of nitrogens with zero attached hydrogens (tertiary/aromatic N) is 1. The summed E-state index contributed by atoms with van der Waals surface area (Å²) in [5.41, 5.74) is 1.94. The third-order valence-electron chi connectivity index (χ3n) is 2.47. The summed E-state index contributed by atoms with van der Waals surface area (Å²) in [4.78, 5) is 14.9. The van der Waals surface area contributed by atoms with Crippen molar-refractivity contribution in [2.45, 2.75) is 6.92 Å². The third-order valence-corrected chi connectivity index (χ3v) is 2.80. The normalized spacial score (nSPS) is 10.0. The van der Waals surface area contributed by atoms with Crippen LogP contribution in [0.5, 0.6) is 11.6 Å². The maximum Gasteiger partial charge on any atom is 0.219 e. The van der Waals surface area contributed by atoms with Gasteiger partial charge < -0.3 is 14.0 Å². The van der Waals surface area contributed by atoms with Gasteiger partial charge in [-0.1, -0.05) is 0 Å². The average Bonchev–Trinajstić information content (AvgIpc) is 2.42. The Kier molecular flexibility index (Phi) is 4.38. The molecule has 0 radical (unpaired) electrons. The van der Waals surface area contributed by atoms with Crippen LogP contribution in [0.2, 0.25) is 0 Å². The summed E-state index contributed by atoms with van der Waals surface area (Å²) in [6, 6.07) is 10.4. The molecular formula is C13H12N2O3S. The fourth-order valence-corrected chi connectivity index (χ4v) is 1.74. The second-order valence-corrected chi connectivity index (χ2v) is 4.15. The van der Waals surface area contributed by atoms with Crippen molar-refractivity contribution in [2.24, 2.45) is 0 Å². The Labute approximate surface area is 115 Å². The average molecular weight is 276 g/mol. The van der Waals surface area contributed by atoms with Crippen molar-refractivity contribution in [3.05, 3.63) is 47.7 Å². The molecule has 0 aliphatic heterocycles. The molecule has 2 N–H and O–H groups in total. The first-order chi connectivity index (χ1) is 9.22. The minimum absolute atomic E-state index is 0.431. The summed E-state index contributed by atoms with van der Waals surface area (Å²) in [5, 5.41) is 0. The van der Waals surface area contributed by atoms with Crippen molar-refractivity contribution in [3.8, 4) is 11.6 Å². The highest BCUT2D eigenvalue weighted by Crippen LogP contribution is 2.23. The van der Waals surface area contributed by atoms with Crippen LogP contribution in [0.3, 0.4) is 0 Å². The lowest BCUT2D eigenvalue weighted by Crippen LogP contribution is -1.94. The van der Waals surface area contributed by atoms with E-state index in [1.807, 2.05) is 0 Å². The maximum absolute atomic E-state index is 10.7. The van der Waals surface area contributed by atoms with E-state index in [0.29, 0.717) is 35.1 Å². The van der Waals surface area contributed by atoms with Crippen LogP contribution in [-0.4, -0.2) is 15.8 Å². The van der Waals surface area contributed by atoms with Crippen LogP contribution in [-0.2, 0) is 0 Å². The van der Waals surface area contributed by atoms with Gasteiger partial charge in [0.25, 0.3) is 0 Å². The summed E-state index contributed by atoms with van der Waals surface area (Å²) < 4.78 is 16.9. The molecule has 5 nitrogen and oxygen atoms in total. The highest BCUT2D eigenvalue weighted by atomic mass is 32.2. The molecule has 1 aromatic carbocycles. The van der Waals surface area contributed by atoms with Crippen molar-refractivity contribution in [2.75, 3.05) is 4.72 Å². The second-order valence-electron chi connectivity index (χ2n) is 3.76. The number of benzene rings is 1. The lowest BCUT2D eigenvalue weighted by molar-refractivity contribution is 0.112. The Morgan fingerprint density at radius 3 is 2.58 bits per heavy atom. The molecule has 0 unspecified atom stereocenters. The van der Waals surface area contributed by atoms with Crippen LogP contribution < -0.4 is 9.46 Å². The molecule has 0 spiro atoms. The quantitative estimate of drug-likeness (QED) is 0.494. The standard InChI is InChI=1S/C13H12N2O3S/c1-9-10(8-16)2-7-13(14-9)18-12-5-3-11(4-6-12)15-19-17/h2-8,15,17H,1H3. The van der Waals surface area contributed by atoms with Gasteiger partial charge in [-0.25, -0.2) is 4.98 Å². The van der Waals surface area contributed by atoms with Gasteiger partial charge in [0, 0.05) is 17.3 Å². The van der Waals surface area contributed by atoms with E-state index in [-0.39, 0.29) is 0 Å². The first-order valence-corrected chi connectivity index (χ1v) is 6.27. The maximum atomic E-state index is 10.7. The molecule has 2 aromatic rings. The van der Waals surface area contributed by atoms with Gasteiger partial charge in [0.1, 0.15) is 18.0 Å². The first kappa shape index (κ1) is 13.4. The van der Waals surface area contributed by atoms with Gasteiger partial charge in [0.2, 0.25) is 5.88 Å². The molecule has 0 fully saturated rings. The third kappa shape index (κ3) is 3.46. The number of pyridine rings is 1. The van der Waals surface area contributed by atoms with E-state index in [9.17, 15) is 4.79 Å². The van der Waals surface area contributed by atoms with Crippen LogP contribution >= 0.6 is 12.2 Å². The monoisotopic (exact) mass is 276 g/mol. The fourth-order valence-electron chi connectivity index (χ4n) is 1.49. The second kappa shape index (κ2) is 6.21. The van der Waals surface area contributed by atoms with Crippen LogP contribution in [0.1, 0.15) is 16.1 Å². The van der Waals surface area contributed by atoms with Gasteiger partial charge in [0.15, 0.2) is 6.29 Å². The number of rotatable bonds is 5. The number of carbonyl (C=O) groups excluding carboxylic acids is 1. The van der Waals surface area contributed by atoms with Crippen molar-refractivity contribution < 1.29 is 14.1 Å². The predicted octanol–water partition coefficient (Wildman–Crippen LogP) is 3.53. The van der Waals surface area contributed by atoms with E-state index in [4.69, 9.17) is 9.29 Å². The molecule has 2 rings (SSSR count). The zero-order chi connectivity index (χ0) is 13.7. The topological polar surface area (TPSA) is 71.4 Å². The van der Waals surface area contributed by atoms with E-state index >= 15 is 0 Å². The van der Waals surface area contributed by atoms with Crippen molar-refractivity contribution in [1.29, 1.82) is 0 Å². The number of nitrogens with one attached hydrogen (secondary N) is 1. The molecule has 0 bridgehead atoms. The molecule has 1 aromatic heterocycles. The number of aromatic nitrogens is 1. The molecule has 0 amide bonds. The number of anilines is 1. The molecule has 0 saturated carbocycles. The van der Waals surface area contributed by atoms with E-state index in [2.05, 4.69) is 9.71 Å². The van der Waals surface area contributed by atoms with Gasteiger partial charge in [-0.2, -0.15) is 0 Å². The van der Waals surface area contributed by atoms with E-state index in [1.54, 1.807) is 43.3 Å². The van der Waals surface area contributed by atoms with E-state index < -0.39 is 0 Å². The highest BCUT2D eigenvalue weighted by molar-refractivity contribution is 7.95. The summed E-state index contributed by atoms with van der Waals surface area (Å²) >= 11 is 0.534. The first-order valence-electron chi connectivity index (χ1n) is 5.50. The minimum atomic E-state index is 0.431. The van der Waals surface area contributed by atoms with Crippen molar-refractivity contribution in [1.82, 2.24) is 4.98 Å². The van der Waals surface area contributed by atoms with Gasteiger partial charge in [-0.05, 0) is 37.3 Å². The van der Waals surface area contributed by atoms with Gasteiger partial charge in [-0.15, -0.1) is 0 Å².